The average molecular weight is 355 g/mol. The normalized spacial score (nSPS) is 21.6. The van der Waals surface area contributed by atoms with Crippen molar-refractivity contribution in [2.24, 2.45) is 4.99 Å². The standard InChI is InChI=1S/C17H30N4S2/c1-4-14-12-20-16(23-14)9-10-19-17(18-5-2)21-13-7-8-15(11-13)22-6-3/h12-13,15H,4-11H2,1-3H3,(H2,18,19,21). The van der Waals surface area contributed by atoms with Gasteiger partial charge in [-0.3, -0.25) is 4.99 Å². The first-order valence-electron chi connectivity index (χ1n) is 8.85. The monoisotopic (exact) mass is 354 g/mol. The molecule has 1 aromatic rings. The zero-order valence-electron chi connectivity index (χ0n) is 14.6. The van der Waals surface area contributed by atoms with E-state index in [4.69, 9.17) is 4.99 Å². The fourth-order valence-electron chi connectivity index (χ4n) is 2.86. The molecule has 1 aliphatic carbocycles. The summed E-state index contributed by atoms with van der Waals surface area (Å²) >= 11 is 3.91. The highest BCUT2D eigenvalue weighted by Gasteiger charge is 2.25. The predicted molar refractivity (Wildman–Crippen MR) is 104 cm³/mol. The quantitative estimate of drug-likeness (QED) is 0.554. The maximum absolute atomic E-state index is 4.73. The molecule has 0 saturated heterocycles. The minimum Gasteiger partial charge on any atom is -0.357 e. The third-order valence-electron chi connectivity index (χ3n) is 4.02. The molecule has 2 N–H and O–H groups in total. The molecule has 2 unspecified atom stereocenters. The SMILES string of the molecule is CCNC(=NCCc1ncc(CC)s1)NC1CCC(SCC)C1. The molecular weight excluding hydrogens is 324 g/mol. The molecule has 0 spiro atoms. The lowest BCUT2D eigenvalue weighted by atomic mass is 10.2. The van der Waals surface area contributed by atoms with E-state index in [0.717, 1.165) is 37.1 Å². The van der Waals surface area contributed by atoms with Gasteiger partial charge in [-0.1, -0.05) is 13.8 Å². The molecule has 1 saturated carbocycles. The van der Waals surface area contributed by atoms with Crippen molar-refractivity contribution < 1.29 is 0 Å². The Bertz CT molecular complexity index is 487. The van der Waals surface area contributed by atoms with Crippen LogP contribution in [0.15, 0.2) is 11.2 Å². The summed E-state index contributed by atoms with van der Waals surface area (Å²) in [6, 6.07) is 0.573. The summed E-state index contributed by atoms with van der Waals surface area (Å²) in [5.41, 5.74) is 0. The number of guanidine groups is 1. The molecule has 1 aliphatic rings. The van der Waals surface area contributed by atoms with Crippen LogP contribution in [0.25, 0.3) is 0 Å². The maximum atomic E-state index is 4.73. The molecule has 0 amide bonds. The summed E-state index contributed by atoms with van der Waals surface area (Å²) in [4.78, 5) is 10.6. The van der Waals surface area contributed by atoms with Crippen LogP contribution in [0, 0.1) is 0 Å². The summed E-state index contributed by atoms with van der Waals surface area (Å²) < 4.78 is 0. The molecule has 0 aromatic carbocycles. The van der Waals surface area contributed by atoms with E-state index in [9.17, 15) is 0 Å². The fourth-order valence-corrected chi connectivity index (χ4v) is 4.86. The van der Waals surface area contributed by atoms with Gasteiger partial charge in [0.15, 0.2) is 5.96 Å². The molecule has 1 aromatic heterocycles. The highest BCUT2D eigenvalue weighted by atomic mass is 32.2. The smallest absolute Gasteiger partial charge is 0.191 e. The van der Waals surface area contributed by atoms with Crippen molar-refractivity contribution in [1.82, 2.24) is 15.6 Å². The van der Waals surface area contributed by atoms with Crippen LogP contribution >= 0.6 is 23.1 Å². The number of thioether (sulfide) groups is 1. The number of rotatable bonds is 8. The van der Waals surface area contributed by atoms with Gasteiger partial charge in [-0.15, -0.1) is 11.3 Å². The summed E-state index contributed by atoms with van der Waals surface area (Å²) in [5, 5.41) is 9.01. The number of nitrogens with one attached hydrogen (secondary N) is 2. The highest BCUT2D eigenvalue weighted by molar-refractivity contribution is 7.99. The van der Waals surface area contributed by atoms with E-state index >= 15 is 0 Å². The average Bonchev–Trinajstić information content (AvgIpc) is 3.17. The molecule has 6 heteroatoms. The minimum absolute atomic E-state index is 0.573. The Morgan fingerprint density at radius 2 is 2.26 bits per heavy atom. The lowest BCUT2D eigenvalue weighted by Gasteiger charge is -2.17. The van der Waals surface area contributed by atoms with E-state index in [-0.39, 0.29) is 0 Å². The Balaban J connectivity index is 1.80. The van der Waals surface area contributed by atoms with Crippen molar-refractivity contribution in [1.29, 1.82) is 0 Å². The van der Waals surface area contributed by atoms with Gasteiger partial charge in [0.25, 0.3) is 0 Å². The number of hydrogen-bond acceptors (Lipinski definition) is 4. The van der Waals surface area contributed by atoms with Gasteiger partial charge in [0, 0.05) is 41.9 Å². The second-order valence-electron chi connectivity index (χ2n) is 5.82. The van der Waals surface area contributed by atoms with Gasteiger partial charge in [0.1, 0.15) is 0 Å². The molecular formula is C17H30N4S2. The van der Waals surface area contributed by atoms with Crippen LogP contribution in [0.1, 0.15) is 49.9 Å². The third kappa shape index (κ3) is 6.34. The number of aromatic nitrogens is 1. The second kappa shape index (κ2) is 10.2. The molecule has 4 nitrogen and oxygen atoms in total. The van der Waals surface area contributed by atoms with Gasteiger partial charge in [0.05, 0.1) is 5.01 Å². The Morgan fingerprint density at radius 1 is 1.39 bits per heavy atom. The predicted octanol–water partition coefficient (Wildman–Crippen LogP) is 3.48. The topological polar surface area (TPSA) is 49.3 Å². The van der Waals surface area contributed by atoms with Crippen molar-refractivity contribution in [3.63, 3.8) is 0 Å². The molecule has 1 heterocycles. The zero-order chi connectivity index (χ0) is 16.5. The van der Waals surface area contributed by atoms with Gasteiger partial charge in [-0.25, -0.2) is 4.98 Å². The lowest BCUT2D eigenvalue weighted by molar-refractivity contribution is 0.615. The van der Waals surface area contributed by atoms with Crippen LogP contribution in [0.2, 0.25) is 0 Å². The van der Waals surface area contributed by atoms with Crippen molar-refractivity contribution in [3.05, 3.63) is 16.1 Å². The first kappa shape index (κ1) is 18.6. The maximum Gasteiger partial charge on any atom is 0.191 e. The van der Waals surface area contributed by atoms with E-state index in [1.807, 2.05) is 17.5 Å². The number of thiazole rings is 1. The molecule has 2 atom stereocenters. The van der Waals surface area contributed by atoms with Crippen molar-refractivity contribution in [2.45, 2.75) is 64.2 Å². The Kier molecular flexibility index (Phi) is 8.23. The van der Waals surface area contributed by atoms with E-state index in [1.165, 1.54) is 34.9 Å². The second-order valence-corrected chi connectivity index (χ2v) is 8.59. The summed E-state index contributed by atoms with van der Waals surface area (Å²) in [5.74, 6) is 2.19. The van der Waals surface area contributed by atoms with Crippen LogP contribution in [-0.4, -0.2) is 41.1 Å². The van der Waals surface area contributed by atoms with Gasteiger partial charge in [-0.2, -0.15) is 11.8 Å². The van der Waals surface area contributed by atoms with Crippen molar-refractivity contribution in [2.75, 3.05) is 18.8 Å². The lowest BCUT2D eigenvalue weighted by Crippen LogP contribution is -2.42. The van der Waals surface area contributed by atoms with Crippen LogP contribution in [0.3, 0.4) is 0 Å². The van der Waals surface area contributed by atoms with Crippen LogP contribution in [0.5, 0.6) is 0 Å². The fraction of sp³-hybridized carbons (Fsp3) is 0.765. The number of hydrogen-bond donors (Lipinski definition) is 2. The number of nitrogens with zero attached hydrogens (tertiary/aromatic N) is 2. The van der Waals surface area contributed by atoms with Crippen LogP contribution in [-0.2, 0) is 12.8 Å². The molecule has 0 bridgehead atoms. The van der Waals surface area contributed by atoms with Crippen LogP contribution < -0.4 is 10.6 Å². The first-order chi connectivity index (χ1) is 11.2. The van der Waals surface area contributed by atoms with Gasteiger partial charge in [0.2, 0.25) is 0 Å². The van der Waals surface area contributed by atoms with Gasteiger partial charge < -0.3 is 10.6 Å². The molecule has 0 radical (unpaired) electrons. The largest absolute Gasteiger partial charge is 0.357 e. The van der Waals surface area contributed by atoms with Crippen LogP contribution in [0.4, 0.5) is 0 Å². The molecule has 2 rings (SSSR count). The molecule has 1 fully saturated rings. The molecule has 0 aliphatic heterocycles. The van der Waals surface area contributed by atoms with Gasteiger partial charge in [-0.05, 0) is 38.4 Å². The summed E-state index contributed by atoms with van der Waals surface area (Å²) in [7, 11) is 0. The van der Waals surface area contributed by atoms with E-state index in [1.54, 1.807) is 0 Å². The number of aryl methyl sites for hydroxylation is 1. The molecule has 130 valence electrons. The third-order valence-corrected chi connectivity index (χ3v) is 6.45. The first-order valence-corrected chi connectivity index (χ1v) is 10.7. The van der Waals surface area contributed by atoms with E-state index in [0.29, 0.717) is 6.04 Å². The van der Waals surface area contributed by atoms with Crippen molar-refractivity contribution >= 4 is 29.1 Å². The Labute approximate surface area is 149 Å². The molecule has 23 heavy (non-hydrogen) atoms. The van der Waals surface area contributed by atoms with Gasteiger partial charge >= 0.3 is 0 Å². The van der Waals surface area contributed by atoms with E-state index < -0.39 is 0 Å². The Hall–Kier alpha value is -0.750. The Morgan fingerprint density at radius 3 is 2.96 bits per heavy atom. The van der Waals surface area contributed by atoms with Crippen molar-refractivity contribution in [3.8, 4) is 0 Å². The summed E-state index contributed by atoms with van der Waals surface area (Å²) in [6.07, 6.45) is 7.85. The summed E-state index contributed by atoms with van der Waals surface area (Å²) in [6.45, 7) is 8.25. The number of aliphatic imine (C=N–C) groups is 1. The zero-order valence-corrected chi connectivity index (χ0v) is 16.2. The minimum atomic E-state index is 0.573. The van der Waals surface area contributed by atoms with E-state index in [2.05, 4.69) is 48.2 Å². The highest BCUT2D eigenvalue weighted by Crippen LogP contribution is 2.29.